The SMILES string of the molecule is CC(CNC(=O)C1CCC2CCCCC2C1)C(=O)O. The highest BCUT2D eigenvalue weighted by molar-refractivity contribution is 5.79. The maximum atomic E-state index is 12.1. The normalized spacial score (nSPS) is 32.2. The van der Waals surface area contributed by atoms with Crippen molar-refractivity contribution in [2.24, 2.45) is 23.7 Å². The molecule has 0 aromatic heterocycles. The van der Waals surface area contributed by atoms with Crippen LogP contribution in [0.3, 0.4) is 0 Å². The van der Waals surface area contributed by atoms with Crippen molar-refractivity contribution >= 4 is 11.9 Å². The zero-order valence-corrected chi connectivity index (χ0v) is 11.7. The van der Waals surface area contributed by atoms with Crippen LogP contribution < -0.4 is 5.32 Å². The summed E-state index contributed by atoms with van der Waals surface area (Å²) >= 11 is 0. The van der Waals surface area contributed by atoms with Gasteiger partial charge in [-0.25, -0.2) is 0 Å². The Kier molecular flexibility index (Phi) is 4.83. The molecular weight excluding hydrogens is 242 g/mol. The van der Waals surface area contributed by atoms with Crippen molar-refractivity contribution in [1.82, 2.24) is 5.32 Å². The zero-order valence-electron chi connectivity index (χ0n) is 11.7. The van der Waals surface area contributed by atoms with Crippen molar-refractivity contribution in [3.63, 3.8) is 0 Å². The molecule has 0 saturated heterocycles. The van der Waals surface area contributed by atoms with Gasteiger partial charge in [0.15, 0.2) is 0 Å². The lowest BCUT2D eigenvalue weighted by Crippen LogP contribution is -2.39. The average molecular weight is 267 g/mol. The monoisotopic (exact) mass is 267 g/mol. The summed E-state index contributed by atoms with van der Waals surface area (Å²) in [6.45, 7) is 1.87. The minimum Gasteiger partial charge on any atom is -0.481 e. The van der Waals surface area contributed by atoms with Gasteiger partial charge in [-0.3, -0.25) is 9.59 Å². The van der Waals surface area contributed by atoms with Crippen LogP contribution in [-0.2, 0) is 9.59 Å². The molecule has 4 heteroatoms. The summed E-state index contributed by atoms with van der Waals surface area (Å²) in [5, 5.41) is 11.6. The van der Waals surface area contributed by atoms with E-state index in [0.717, 1.165) is 24.7 Å². The van der Waals surface area contributed by atoms with Crippen molar-refractivity contribution in [2.45, 2.75) is 51.9 Å². The summed E-state index contributed by atoms with van der Waals surface area (Å²) in [5.74, 6) is 0.398. The molecule has 2 fully saturated rings. The minimum absolute atomic E-state index is 0.0668. The van der Waals surface area contributed by atoms with Crippen LogP contribution in [0.2, 0.25) is 0 Å². The van der Waals surface area contributed by atoms with E-state index in [-0.39, 0.29) is 18.4 Å². The first-order chi connectivity index (χ1) is 9.08. The van der Waals surface area contributed by atoms with Crippen molar-refractivity contribution in [3.8, 4) is 0 Å². The van der Waals surface area contributed by atoms with Crippen LogP contribution in [0.4, 0.5) is 0 Å². The number of rotatable bonds is 4. The molecule has 0 aromatic rings. The number of fused-ring (bicyclic) bond motifs is 1. The molecule has 108 valence electrons. The van der Waals surface area contributed by atoms with E-state index in [2.05, 4.69) is 5.32 Å². The minimum atomic E-state index is -0.851. The second-order valence-corrected chi connectivity index (χ2v) is 6.30. The third-order valence-corrected chi connectivity index (χ3v) is 4.91. The van der Waals surface area contributed by atoms with Gasteiger partial charge in [-0.2, -0.15) is 0 Å². The molecule has 0 aromatic carbocycles. The standard InChI is InChI=1S/C15H25NO3/c1-10(15(18)19)9-16-14(17)13-7-6-11-4-2-3-5-12(11)8-13/h10-13H,2-9H2,1H3,(H,16,17)(H,18,19). The first kappa shape index (κ1) is 14.4. The number of amides is 1. The van der Waals surface area contributed by atoms with Crippen molar-refractivity contribution in [3.05, 3.63) is 0 Å². The Bertz CT molecular complexity index is 342. The van der Waals surface area contributed by atoms with Gasteiger partial charge in [0.25, 0.3) is 0 Å². The second-order valence-electron chi connectivity index (χ2n) is 6.30. The van der Waals surface area contributed by atoms with Crippen LogP contribution in [0.15, 0.2) is 0 Å². The summed E-state index contributed by atoms with van der Waals surface area (Å²) in [4.78, 5) is 22.8. The van der Waals surface area contributed by atoms with E-state index in [1.807, 2.05) is 0 Å². The summed E-state index contributed by atoms with van der Waals surface area (Å²) in [6, 6.07) is 0. The number of carbonyl (C=O) groups excluding carboxylic acids is 1. The molecular formula is C15H25NO3. The molecule has 2 saturated carbocycles. The Balaban J connectivity index is 1.78. The van der Waals surface area contributed by atoms with Gasteiger partial charge in [0, 0.05) is 12.5 Å². The van der Waals surface area contributed by atoms with Gasteiger partial charge in [-0.1, -0.05) is 32.6 Å². The number of carbonyl (C=O) groups is 2. The second kappa shape index (κ2) is 6.40. The average Bonchev–Trinajstić information content (AvgIpc) is 2.43. The van der Waals surface area contributed by atoms with Gasteiger partial charge in [-0.15, -0.1) is 0 Å². The molecule has 2 aliphatic carbocycles. The van der Waals surface area contributed by atoms with Crippen LogP contribution in [0.1, 0.15) is 51.9 Å². The van der Waals surface area contributed by atoms with Crippen LogP contribution in [0.5, 0.6) is 0 Å². The fourth-order valence-corrected chi connectivity index (χ4v) is 3.60. The molecule has 1 amide bonds. The van der Waals surface area contributed by atoms with Crippen molar-refractivity contribution in [2.75, 3.05) is 6.54 Å². The smallest absolute Gasteiger partial charge is 0.308 e. The predicted molar refractivity (Wildman–Crippen MR) is 72.6 cm³/mol. The Labute approximate surface area is 115 Å². The molecule has 0 aliphatic heterocycles. The van der Waals surface area contributed by atoms with Crippen molar-refractivity contribution < 1.29 is 14.7 Å². The highest BCUT2D eigenvalue weighted by Gasteiger charge is 2.34. The highest BCUT2D eigenvalue weighted by Crippen LogP contribution is 2.42. The zero-order chi connectivity index (χ0) is 13.8. The van der Waals surface area contributed by atoms with E-state index in [4.69, 9.17) is 5.11 Å². The lowest BCUT2D eigenvalue weighted by Gasteiger charge is -2.38. The van der Waals surface area contributed by atoms with Gasteiger partial charge >= 0.3 is 5.97 Å². The quantitative estimate of drug-likeness (QED) is 0.822. The maximum Gasteiger partial charge on any atom is 0.308 e. The third kappa shape index (κ3) is 3.71. The van der Waals surface area contributed by atoms with E-state index >= 15 is 0 Å². The Morgan fingerprint density at radius 1 is 1.16 bits per heavy atom. The van der Waals surface area contributed by atoms with Crippen LogP contribution in [-0.4, -0.2) is 23.5 Å². The molecule has 4 nitrogen and oxygen atoms in total. The molecule has 4 unspecified atom stereocenters. The first-order valence-corrected chi connectivity index (χ1v) is 7.58. The molecule has 19 heavy (non-hydrogen) atoms. The van der Waals surface area contributed by atoms with Gasteiger partial charge in [0.05, 0.1) is 5.92 Å². The number of hydrogen-bond acceptors (Lipinski definition) is 2. The molecule has 0 radical (unpaired) electrons. The van der Waals surface area contributed by atoms with Gasteiger partial charge in [-0.05, 0) is 31.1 Å². The molecule has 2 N–H and O–H groups in total. The van der Waals surface area contributed by atoms with Crippen LogP contribution >= 0.6 is 0 Å². The molecule has 0 spiro atoms. The number of aliphatic carboxylic acids is 1. The maximum absolute atomic E-state index is 12.1. The van der Waals surface area contributed by atoms with Crippen molar-refractivity contribution in [1.29, 1.82) is 0 Å². The molecule has 2 rings (SSSR count). The Morgan fingerprint density at radius 3 is 2.53 bits per heavy atom. The fourth-order valence-electron chi connectivity index (χ4n) is 3.60. The Hall–Kier alpha value is -1.06. The predicted octanol–water partition coefficient (Wildman–Crippen LogP) is 2.43. The molecule has 2 aliphatic rings. The van der Waals surface area contributed by atoms with Crippen LogP contribution in [0.25, 0.3) is 0 Å². The van der Waals surface area contributed by atoms with E-state index < -0.39 is 11.9 Å². The van der Waals surface area contributed by atoms with E-state index in [9.17, 15) is 9.59 Å². The molecule has 0 heterocycles. The summed E-state index contributed by atoms with van der Waals surface area (Å²) in [5.41, 5.74) is 0. The number of nitrogens with one attached hydrogen (secondary N) is 1. The lowest BCUT2D eigenvalue weighted by molar-refractivity contribution is -0.141. The lowest BCUT2D eigenvalue weighted by atomic mass is 9.67. The number of hydrogen-bond donors (Lipinski definition) is 2. The highest BCUT2D eigenvalue weighted by atomic mass is 16.4. The summed E-state index contributed by atoms with van der Waals surface area (Å²) < 4.78 is 0. The van der Waals surface area contributed by atoms with E-state index in [1.165, 1.54) is 32.1 Å². The van der Waals surface area contributed by atoms with Gasteiger partial charge < -0.3 is 10.4 Å². The molecule has 4 atom stereocenters. The Morgan fingerprint density at radius 2 is 1.84 bits per heavy atom. The number of carboxylic acids is 1. The van der Waals surface area contributed by atoms with Gasteiger partial charge in [0.1, 0.15) is 0 Å². The van der Waals surface area contributed by atoms with Gasteiger partial charge in [0.2, 0.25) is 5.91 Å². The fraction of sp³-hybridized carbons (Fsp3) is 0.867. The third-order valence-electron chi connectivity index (χ3n) is 4.91. The molecule has 0 bridgehead atoms. The summed E-state index contributed by atoms with van der Waals surface area (Å²) in [7, 11) is 0. The largest absolute Gasteiger partial charge is 0.481 e. The number of carboxylic acid groups (broad SMARTS) is 1. The van der Waals surface area contributed by atoms with Crippen LogP contribution in [0, 0.1) is 23.7 Å². The topological polar surface area (TPSA) is 66.4 Å². The summed E-state index contributed by atoms with van der Waals surface area (Å²) in [6.07, 6.45) is 8.46. The van der Waals surface area contributed by atoms with E-state index in [0.29, 0.717) is 0 Å². The first-order valence-electron chi connectivity index (χ1n) is 7.58. The van der Waals surface area contributed by atoms with E-state index in [1.54, 1.807) is 6.92 Å².